The second-order valence-electron chi connectivity index (χ2n) is 5.66. The fraction of sp³-hybridized carbons (Fsp3) is 0.389. The van der Waals surface area contributed by atoms with Crippen molar-refractivity contribution in [1.82, 2.24) is 24.4 Å². The van der Waals surface area contributed by atoms with Gasteiger partial charge in [-0.25, -0.2) is 15.0 Å². The van der Waals surface area contributed by atoms with Crippen molar-refractivity contribution in [3.8, 4) is 11.4 Å². The summed E-state index contributed by atoms with van der Waals surface area (Å²) in [6.07, 6.45) is 3.35. The van der Waals surface area contributed by atoms with Gasteiger partial charge in [0.2, 0.25) is 0 Å². The largest absolute Gasteiger partial charge is 0.497 e. The zero-order chi connectivity index (χ0) is 17.6. The summed E-state index contributed by atoms with van der Waals surface area (Å²) >= 11 is 0. The molecule has 2 aromatic heterocycles. The van der Waals surface area contributed by atoms with E-state index in [4.69, 9.17) is 4.74 Å². The van der Waals surface area contributed by atoms with Crippen molar-refractivity contribution in [2.75, 3.05) is 38.6 Å². The van der Waals surface area contributed by atoms with E-state index in [1.165, 1.54) is 0 Å². The van der Waals surface area contributed by atoms with Crippen LogP contribution in [0.3, 0.4) is 0 Å². The van der Waals surface area contributed by atoms with Crippen LogP contribution < -0.4 is 10.1 Å². The van der Waals surface area contributed by atoms with Crippen LogP contribution in [0.15, 0.2) is 36.9 Å². The van der Waals surface area contributed by atoms with Crippen LogP contribution in [0.5, 0.6) is 5.75 Å². The summed E-state index contributed by atoms with van der Waals surface area (Å²) in [5.74, 6) is 1.59. The number of nitrogens with one attached hydrogen (secondary N) is 1. The molecule has 0 radical (unpaired) electrons. The lowest BCUT2D eigenvalue weighted by Gasteiger charge is -2.18. The van der Waals surface area contributed by atoms with Gasteiger partial charge in [0, 0.05) is 18.8 Å². The second-order valence-corrected chi connectivity index (χ2v) is 5.66. The summed E-state index contributed by atoms with van der Waals surface area (Å²) in [6.45, 7) is 8.22. The molecule has 0 aliphatic heterocycles. The average molecular weight is 340 g/mol. The molecular formula is C18H24N6O. The number of imidazole rings is 1. The fourth-order valence-corrected chi connectivity index (χ4v) is 2.77. The molecule has 2 heterocycles. The number of benzene rings is 1. The van der Waals surface area contributed by atoms with Crippen LogP contribution in [0.4, 0.5) is 5.82 Å². The highest BCUT2D eigenvalue weighted by molar-refractivity contribution is 5.83. The minimum Gasteiger partial charge on any atom is -0.497 e. The third kappa shape index (κ3) is 3.71. The van der Waals surface area contributed by atoms with Gasteiger partial charge in [-0.1, -0.05) is 13.8 Å². The lowest BCUT2D eigenvalue weighted by molar-refractivity contribution is 0.316. The van der Waals surface area contributed by atoms with Gasteiger partial charge in [-0.05, 0) is 37.4 Å². The third-order valence-corrected chi connectivity index (χ3v) is 4.30. The molecule has 0 saturated carbocycles. The standard InChI is InChI=1S/C18H24N6O/c1-4-23(5-2)11-10-19-17-16-18(21-12-20-17)24(13-22-16)14-6-8-15(25-3)9-7-14/h6-9,12-13H,4-5,10-11H2,1-3H3,(H,19,20,21). The number of rotatable bonds is 8. The molecule has 0 unspecified atom stereocenters. The van der Waals surface area contributed by atoms with Crippen molar-refractivity contribution < 1.29 is 4.74 Å². The summed E-state index contributed by atoms with van der Waals surface area (Å²) in [6, 6.07) is 7.81. The topological polar surface area (TPSA) is 68.1 Å². The van der Waals surface area contributed by atoms with Crippen molar-refractivity contribution in [2.45, 2.75) is 13.8 Å². The number of anilines is 1. The first-order valence-electron chi connectivity index (χ1n) is 8.55. The molecule has 0 spiro atoms. The van der Waals surface area contributed by atoms with Crippen molar-refractivity contribution in [2.24, 2.45) is 0 Å². The highest BCUT2D eigenvalue weighted by atomic mass is 16.5. The van der Waals surface area contributed by atoms with Crippen LogP contribution >= 0.6 is 0 Å². The Kier molecular flexibility index (Phi) is 5.45. The molecule has 25 heavy (non-hydrogen) atoms. The smallest absolute Gasteiger partial charge is 0.170 e. The van der Waals surface area contributed by atoms with Crippen LogP contribution in [0, 0.1) is 0 Å². The summed E-state index contributed by atoms with van der Waals surface area (Å²) in [7, 11) is 1.66. The van der Waals surface area contributed by atoms with Crippen LogP contribution in [-0.2, 0) is 0 Å². The number of nitrogens with zero attached hydrogens (tertiary/aromatic N) is 5. The molecule has 132 valence electrons. The number of hydrogen-bond donors (Lipinski definition) is 1. The minimum absolute atomic E-state index is 0.768. The zero-order valence-electron chi connectivity index (χ0n) is 14.9. The number of fused-ring (bicyclic) bond motifs is 1. The van der Waals surface area contributed by atoms with E-state index in [0.29, 0.717) is 0 Å². The quantitative estimate of drug-likeness (QED) is 0.680. The van der Waals surface area contributed by atoms with E-state index < -0.39 is 0 Å². The number of methoxy groups -OCH3 is 1. The van der Waals surface area contributed by atoms with Gasteiger partial charge in [-0.3, -0.25) is 4.57 Å². The number of hydrogen-bond acceptors (Lipinski definition) is 6. The minimum atomic E-state index is 0.768. The van der Waals surface area contributed by atoms with E-state index in [9.17, 15) is 0 Å². The first kappa shape index (κ1) is 17.2. The van der Waals surface area contributed by atoms with Gasteiger partial charge in [0.25, 0.3) is 0 Å². The maximum absolute atomic E-state index is 5.21. The Bertz CT molecular complexity index is 810. The van der Waals surface area contributed by atoms with Gasteiger partial charge in [0.1, 0.15) is 18.4 Å². The van der Waals surface area contributed by atoms with E-state index in [-0.39, 0.29) is 0 Å². The molecule has 7 nitrogen and oxygen atoms in total. The van der Waals surface area contributed by atoms with Gasteiger partial charge >= 0.3 is 0 Å². The Morgan fingerprint density at radius 3 is 2.52 bits per heavy atom. The molecule has 7 heteroatoms. The van der Waals surface area contributed by atoms with E-state index >= 15 is 0 Å². The second kappa shape index (κ2) is 7.94. The molecule has 3 aromatic rings. The summed E-state index contributed by atoms with van der Waals surface area (Å²) in [4.78, 5) is 15.6. The Morgan fingerprint density at radius 1 is 1.08 bits per heavy atom. The Morgan fingerprint density at radius 2 is 1.84 bits per heavy atom. The third-order valence-electron chi connectivity index (χ3n) is 4.30. The van der Waals surface area contributed by atoms with Crippen LogP contribution in [-0.4, -0.2) is 57.7 Å². The Hall–Kier alpha value is -2.67. The first-order chi connectivity index (χ1) is 12.3. The summed E-state index contributed by atoms with van der Waals surface area (Å²) in [5, 5.41) is 3.38. The molecule has 0 bridgehead atoms. The van der Waals surface area contributed by atoms with Crippen LogP contribution in [0.25, 0.3) is 16.9 Å². The maximum Gasteiger partial charge on any atom is 0.170 e. The number of aromatic nitrogens is 4. The molecular weight excluding hydrogens is 316 g/mol. The SMILES string of the molecule is CCN(CC)CCNc1ncnc2c1ncn2-c1ccc(OC)cc1. The molecule has 0 amide bonds. The molecule has 0 atom stereocenters. The average Bonchev–Trinajstić information content (AvgIpc) is 3.10. The number of likely N-dealkylation sites (N-methyl/N-ethyl adjacent to an activating group) is 1. The van der Waals surface area contributed by atoms with Gasteiger partial charge < -0.3 is 15.0 Å². The zero-order valence-corrected chi connectivity index (χ0v) is 14.9. The van der Waals surface area contributed by atoms with Crippen molar-refractivity contribution in [3.05, 3.63) is 36.9 Å². The van der Waals surface area contributed by atoms with Crippen molar-refractivity contribution in [3.63, 3.8) is 0 Å². The normalized spacial score (nSPS) is 11.2. The fourth-order valence-electron chi connectivity index (χ4n) is 2.77. The lowest BCUT2D eigenvalue weighted by Crippen LogP contribution is -2.28. The van der Waals surface area contributed by atoms with Crippen LogP contribution in [0.2, 0.25) is 0 Å². The molecule has 1 aromatic carbocycles. The number of ether oxygens (including phenoxy) is 1. The van der Waals surface area contributed by atoms with Gasteiger partial charge in [0.15, 0.2) is 17.0 Å². The van der Waals surface area contributed by atoms with E-state index in [0.717, 1.165) is 54.6 Å². The highest BCUT2D eigenvalue weighted by Gasteiger charge is 2.11. The molecule has 1 N–H and O–H groups in total. The first-order valence-corrected chi connectivity index (χ1v) is 8.55. The summed E-state index contributed by atoms with van der Waals surface area (Å²) in [5.41, 5.74) is 2.54. The van der Waals surface area contributed by atoms with E-state index in [1.807, 2.05) is 28.8 Å². The Labute approximate surface area is 147 Å². The lowest BCUT2D eigenvalue weighted by atomic mass is 10.3. The summed E-state index contributed by atoms with van der Waals surface area (Å²) < 4.78 is 7.16. The van der Waals surface area contributed by atoms with Crippen LogP contribution in [0.1, 0.15) is 13.8 Å². The molecule has 0 aliphatic rings. The van der Waals surface area contributed by atoms with E-state index in [1.54, 1.807) is 19.8 Å². The van der Waals surface area contributed by atoms with E-state index in [2.05, 4.69) is 39.0 Å². The van der Waals surface area contributed by atoms with Gasteiger partial charge in [-0.2, -0.15) is 0 Å². The predicted molar refractivity (Wildman–Crippen MR) is 99.5 cm³/mol. The maximum atomic E-state index is 5.21. The van der Waals surface area contributed by atoms with Gasteiger partial charge in [0.05, 0.1) is 7.11 Å². The van der Waals surface area contributed by atoms with Crippen molar-refractivity contribution >= 4 is 17.0 Å². The molecule has 3 rings (SSSR count). The highest BCUT2D eigenvalue weighted by Crippen LogP contribution is 2.22. The molecule has 0 fully saturated rings. The Balaban J connectivity index is 1.82. The molecule has 0 saturated heterocycles. The monoisotopic (exact) mass is 340 g/mol. The molecule has 0 aliphatic carbocycles. The predicted octanol–water partition coefficient (Wildman–Crippen LogP) is 2.58. The van der Waals surface area contributed by atoms with Crippen molar-refractivity contribution in [1.29, 1.82) is 0 Å². The van der Waals surface area contributed by atoms with Gasteiger partial charge in [-0.15, -0.1) is 0 Å².